The molecule has 114 valence electrons. The molecule has 1 aromatic carbocycles. The highest BCUT2D eigenvalue weighted by Crippen LogP contribution is 2.34. The van der Waals surface area contributed by atoms with E-state index in [4.69, 9.17) is 11.6 Å². The van der Waals surface area contributed by atoms with Gasteiger partial charge in [-0.25, -0.2) is 0 Å². The number of halogens is 1. The second-order valence-electron chi connectivity index (χ2n) is 6.00. The van der Waals surface area contributed by atoms with Crippen molar-refractivity contribution in [1.29, 1.82) is 0 Å². The van der Waals surface area contributed by atoms with Crippen LogP contribution in [0.4, 0.5) is 0 Å². The third kappa shape index (κ3) is 5.34. The third-order valence-electron chi connectivity index (χ3n) is 3.71. The standard InChI is InChI=1S/C17H28ClNO/c1-5-6-7-8-9-13(2)14-10-15(12-19(3)4)17(20)16(18)11-14/h10-11,13,20H,5-9,12H2,1-4H3. The largest absolute Gasteiger partial charge is 0.506 e. The highest BCUT2D eigenvalue weighted by Gasteiger charge is 2.13. The summed E-state index contributed by atoms with van der Waals surface area (Å²) in [5.41, 5.74) is 2.15. The van der Waals surface area contributed by atoms with Crippen LogP contribution >= 0.6 is 11.6 Å². The normalized spacial score (nSPS) is 12.9. The predicted molar refractivity (Wildman–Crippen MR) is 87.7 cm³/mol. The number of phenols is 1. The molecular weight excluding hydrogens is 270 g/mol. The molecule has 0 aliphatic carbocycles. The lowest BCUT2D eigenvalue weighted by Gasteiger charge is -2.17. The molecule has 1 N–H and O–H groups in total. The van der Waals surface area contributed by atoms with Crippen molar-refractivity contribution in [2.45, 2.75) is 58.4 Å². The van der Waals surface area contributed by atoms with Crippen molar-refractivity contribution < 1.29 is 5.11 Å². The maximum absolute atomic E-state index is 10.0. The molecule has 0 bridgehead atoms. The Kier molecular flexibility index (Phi) is 7.39. The Morgan fingerprint density at radius 2 is 1.90 bits per heavy atom. The third-order valence-corrected chi connectivity index (χ3v) is 4.00. The van der Waals surface area contributed by atoms with Crippen molar-refractivity contribution in [3.05, 3.63) is 28.3 Å². The molecule has 0 saturated heterocycles. The lowest BCUT2D eigenvalue weighted by Crippen LogP contribution is -2.11. The molecule has 0 fully saturated rings. The van der Waals surface area contributed by atoms with Gasteiger partial charge >= 0.3 is 0 Å². The number of aromatic hydroxyl groups is 1. The van der Waals surface area contributed by atoms with Crippen molar-refractivity contribution in [1.82, 2.24) is 4.90 Å². The second-order valence-corrected chi connectivity index (χ2v) is 6.41. The fraction of sp³-hybridized carbons (Fsp3) is 0.647. The summed E-state index contributed by atoms with van der Waals surface area (Å²) in [7, 11) is 3.99. The van der Waals surface area contributed by atoms with Crippen LogP contribution in [-0.2, 0) is 6.54 Å². The molecule has 3 heteroatoms. The van der Waals surface area contributed by atoms with Crippen molar-refractivity contribution in [2.75, 3.05) is 14.1 Å². The summed E-state index contributed by atoms with van der Waals surface area (Å²) < 4.78 is 0. The maximum Gasteiger partial charge on any atom is 0.138 e. The van der Waals surface area contributed by atoms with E-state index in [1.807, 2.05) is 25.1 Å². The fourth-order valence-corrected chi connectivity index (χ4v) is 2.72. The minimum absolute atomic E-state index is 0.224. The molecule has 0 amide bonds. The van der Waals surface area contributed by atoms with Gasteiger partial charge in [-0.2, -0.15) is 0 Å². The summed E-state index contributed by atoms with van der Waals surface area (Å²) in [5, 5.41) is 10.5. The number of phenolic OH excluding ortho intramolecular Hbond substituents is 1. The molecule has 1 aromatic rings. The fourth-order valence-electron chi connectivity index (χ4n) is 2.47. The summed E-state index contributed by atoms with van der Waals surface area (Å²) in [6, 6.07) is 4.02. The Morgan fingerprint density at radius 1 is 1.20 bits per heavy atom. The van der Waals surface area contributed by atoms with Crippen LogP contribution < -0.4 is 0 Å². The Bertz CT molecular complexity index is 418. The van der Waals surface area contributed by atoms with Crippen LogP contribution in [-0.4, -0.2) is 24.1 Å². The van der Waals surface area contributed by atoms with E-state index in [-0.39, 0.29) is 5.75 Å². The molecule has 2 nitrogen and oxygen atoms in total. The van der Waals surface area contributed by atoms with Crippen LogP contribution in [0.15, 0.2) is 12.1 Å². The van der Waals surface area contributed by atoms with E-state index >= 15 is 0 Å². The van der Waals surface area contributed by atoms with E-state index in [0.717, 1.165) is 5.56 Å². The number of benzene rings is 1. The van der Waals surface area contributed by atoms with Crippen LogP contribution in [0, 0.1) is 0 Å². The second kappa shape index (κ2) is 8.53. The summed E-state index contributed by atoms with van der Waals surface area (Å²) in [6.07, 6.45) is 6.33. The lowest BCUT2D eigenvalue weighted by atomic mass is 9.93. The van der Waals surface area contributed by atoms with Gasteiger partial charge in [0.05, 0.1) is 5.02 Å². The van der Waals surface area contributed by atoms with E-state index < -0.39 is 0 Å². The van der Waals surface area contributed by atoms with Gasteiger partial charge in [0.1, 0.15) is 5.75 Å². The smallest absolute Gasteiger partial charge is 0.138 e. The van der Waals surface area contributed by atoms with Gasteiger partial charge in [0.2, 0.25) is 0 Å². The van der Waals surface area contributed by atoms with E-state index in [9.17, 15) is 5.11 Å². The van der Waals surface area contributed by atoms with Crippen LogP contribution in [0.2, 0.25) is 5.02 Å². The minimum Gasteiger partial charge on any atom is -0.506 e. The quantitative estimate of drug-likeness (QED) is 0.668. The molecule has 0 saturated carbocycles. The van der Waals surface area contributed by atoms with E-state index in [1.54, 1.807) is 0 Å². The first-order valence-electron chi connectivity index (χ1n) is 7.61. The average Bonchev–Trinajstić information content (AvgIpc) is 2.39. The average molecular weight is 298 g/mol. The van der Waals surface area contributed by atoms with Crippen molar-refractivity contribution >= 4 is 11.6 Å². The number of hydrogen-bond acceptors (Lipinski definition) is 2. The predicted octanol–water partition coefficient (Wildman–Crippen LogP) is 5.18. The minimum atomic E-state index is 0.224. The van der Waals surface area contributed by atoms with Gasteiger partial charge in [0.15, 0.2) is 0 Å². The zero-order valence-electron chi connectivity index (χ0n) is 13.2. The van der Waals surface area contributed by atoms with Crippen LogP contribution in [0.25, 0.3) is 0 Å². The molecule has 0 aromatic heterocycles. The van der Waals surface area contributed by atoms with Gasteiger partial charge in [-0.3, -0.25) is 0 Å². The van der Waals surface area contributed by atoms with Gasteiger partial charge in [0, 0.05) is 12.1 Å². The van der Waals surface area contributed by atoms with Crippen molar-refractivity contribution in [2.24, 2.45) is 0 Å². The summed E-state index contributed by atoms with van der Waals surface area (Å²) >= 11 is 6.16. The molecule has 20 heavy (non-hydrogen) atoms. The monoisotopic (exact) mass is 297 g/mol. The Balaban J connectivity index is 2.76. The first kappa shape index (κ1) is 17.3. The van der Waals surface area contributed by atoms with Crippen LogP contribution in [0.5, 0.6) is 5.75 Å². The summed E-state index contributed by atoms with van der Waals surface area (Å²) in [6.45, 7) is 5.19. The summed E-state index contributed by atoms with van der Waals surface area (Å²) in [5.74, 6) is 0.716. The summed E-state index contributed by atoms with van der Waals surface area (Å²) in [4.78, 5) is 2.04. The van der Waals surface area contributed by atoms with E-state index in [1.165, 1.54) is 37.7 Å². The van der Waals surface area contributed by atoms with Gasteiger partial charge in [0.25, 0.3) is 0 Å². The Labute approximate surface area is 128 Å². The Morgan fingerprint density at radius 3 is 2.50 bits per heavy atom. The highest BCUT2D eigenvalue weighted by atomic mass is 35.5. The Hall–Kier alpha value is -0.730. The molecule has 1 unspecified atom stereocenters. The molecule has 1 rings (SSSR count). The van der Waals surface area contributed by atoms with Crippen LogP contribution in [0.1, 0.15) is 63.0 Å². The van der Waals surface area contributed by atoms with Gasteiger partial charge < -0.3 is 10.0 Å². The first-order chi connectivity index (χ1) is 9.45. The maximum atomic E-state index is 10.0. The molecule has 0 aliphatic heterocycles. The van der Waals surface area contributed by atoms with E-state index in [2.05, 4.69) is 19.9 Å². The van der Waals surface area contributed by atoms with Gasteiger partial charge in [-0.1, -0.05) is 57.2 Å². The van der Waals surface area contributed by atoms with Gasteiger partial charge in [-0.05, 0) is 38.1 Å². The van der Waals surface area contributed by atoms with E-state index in [0.29, 0.717) is 17.5 Å². The van der Waals surface area contributed by atoms with Crippen molar-refractivity contribution in [3.63, 3.8) is 0 Å². The molecular formula is C17H28ClNO. The molecule has 0 heterocycles. The number of hydrogen-bond donors (Lipinski definition) is 1. The molecule has 0 aliphatic rings. The first-order valence-corrected chi connectivity index (χ1v) is 7.99. The zero-order chi connectivity index (χ0) is 15.1. The van der Waals surface area contributed by atoms with Gasteiger partial charge in [-0.15, -0.1) is 0 Å². The van der Waals surface area contributed by atoms with Crippen LogP contribution in [0.3, 0.4) is 0 Å². The lowest BCUT2D eigenvalue weighted by molar-refractivity contribution is 0.385. The molecule has 0 radical (unpaired) electrons. The highest BCUT2D eigenvalue weighted by molar-refractivity contribution is 6.32. The number of unbranched alkanes of at least 4 members (excludes halogenated alkanes) is 3. The topological polar surface area (TPSA) is 23.5 Å². The molecule has 0 spiro atoms. The number of rotatable bonds is 8. The zero-order valence-corrected chi connectivity index (χ0v) is 14.0. The SMILES string of the molecule is CCCCCCC(C)c1cc(Cl)c(O)c(CN(C)C)c1. The van der Waals surface area contributed by atoms with Crippen molar-refractivity contribution in [3.8, 4) is 5.75 Å². The number of nitrogens with zero attached hydrogens (tertiary/aromatic N) is 1. The molecule has 1 atom stereocenters.